The number of rotatable bonds is 6. The van der Waals surface area contributed by atoms with E-state index >= 15 is 0 Å². The molecule has 4 heteroatoms. The third-order valence-electron chi connectivity index (χ3n) is 3.14. The van der Waals surface area contributed by atoms with Crippen LogP contribution in [0.4, 0.5) is 11.4 Å². The highest BCUT2D eigenvalue weighted by Gasteiger charge is 2.04. The Kier molecular flexibility index (Phi) is 4.60. The summed E-state index contributed by atoms with van der Waals surface area (Å²) in [5.74, 6) is -0.465. The SMILES string of the molecule is NC(=O)c1ccc(NCCCc2ccccc2)c(N)c1. The van der Waals surface area contributed by atoms with Gasteiger partial charge in [-0.05, 0) is 36.6 Å². The fourth-order valence-electron chi connectivity index (χ4n) is 2.04. The van der Waals surface area contributed by atoms with E-state index < -0.39 is 5.91 Å². The van der Waals surface area contributed by atoms with E-state index in [4.69, 9.17) is 11.5 Å². The van der Waals surface area contributed by atoms with Gasteiger partial charge in [0.05, 0.1) is 11.4 Å². The molecule has 2 aromatic rings. The van der Waals surface area contributed by atoms with Crippen LogP contribution in [0.5, 0.6) is 0 Å². The lowest BCUT2D eigenvalue weighted by molar-refractivity contribution is 0.100. The van der Waals surface area contributed by atoms with Gasteiger partial charge in [0.25, 0.3) is 0 Å². The van der Waals surface area contributed by atoms with Crippen molar-refractivity contribution in [1.29, 1.82) is 0 Å². The predicted molar refractivity (Wildman–Crippen MR) is 82.6 cm³/mol. The second kappa shape index (κ2) is 6.61. The van der Waals surface area contributed by atoms with Crippen LogP contribution in [-0.2, 0) is 6.42 Å². The molecule has 2 aromatic carbocycles. The summed E-state index contributed by atoms with van der Waals surface area (Å²) < 4.78 is 0. The Morgan fingerprint density at radius 3 is 2.50 bits per heavy atom. The Balaban J connectivity index is 1.84. The number of amides is 1. The number of hydrogen-bond acceptors (Lipinski definition) is 3. The van der Waals surface area contributed by atoms with Crippen molar-refractivity contribution < 1.29 is 4.79 Å². The minimum Gasteiger partial charge on any atom is -0.397 e. The van der Waals surface area contributed by atoms with Crippen molar-refractivity contribution in [3.63, 3.8) is 0 Å². The minimum absolute atomic E-state index is 0.428. The molecule has 1 amide bonds. The highest BCUT2D eigenvalue weighted by molar-refractivity contribution is 5.94. The van der Waals surface area contributed by atoms with Crippen LogP contribution in [0.25, 0.3) is 0 Å². The lowest BCUT2D eigenvalue weighted by atomic mass is 10.1. The van der Waals surface area contributed by atoms with E-state index in [1.807, 2.05) is 18.2 Å². The van der Waals surface area contributed by atoms with Crippen molar-refractivity contribution in [2.24, 2.45) is 5.73 Å². The third kappa shape index (κ3) is 3.75. The fraction of sp³-hybridized carbons (Fsp3) is 0.188. The zero-order valence-electron chi connectivity index (χ0n) is 11.3. The molecule has 4 nitrogen and oxygen atoms in total. The summed E-state index contributed by atoms with van der Waals surface area (Å²) in [6.07, 6.45) is 2.04. The van der Waals surface area contributed by atoms with Crippen molar-refractivity contribution in [3.8, 4) is 0 Å². The summed E-state index contributed by atoms with van der Waals surface area (Å²) in [5, 5.41) is 3.27. The molecule has 20 heavy (non-hydrogen) atoms. The largest absolute Gasteiger partial charge is 0.397 e. The molecule has 2 rings (SSSR count). The molecule has 0 aliphatic heterocycles. The molecule has 0 saturated carbocycles. The number of nitrogens with one attached hydrogen (secondary N) is 1. The zero-order chi connectivity index (χ0) is 14.4. The molecule has 0 atom stereocenters. The van der Waals surface area contributed by atoms with Crippen molar-refractivity contribution in [2.45, 2.75) is 12.8 Å². The highest BCUT2D eigenvalue weighted by Crippen LogP contribution is 2.19. The first-order valence-corrected chi connectivity index (χ1v) is 6.64. The maximum absolute atomic E-state index is 11.0. The molecule has 0 radical (unpaired) electrons. The van der Waals surface area contributed by atoms with Gasteiger partial charge in [-0.15, -0.1) is 0 Å². The standard InChI is InChI=1S/C16H19N3O/c17-14-11-13(16(18)20)8-9-15(14)19-10-4-7-12-5-2-1-3-6-12/h1-3,5-6,8-9,11,19H,4,7,10,17H2,(H2,18,20). The number of carbonyl (C=O) groups is 1. The lowest BCUT2D eigenvalue weighted by Crippen LogP contribution is -2.12. The van der Waals surface area contributed by atoms with Crippen molar-refractivity contribution in [3.05, 3.63) is 59.7 Å². The zero-order valence-corrected chi connectivity index (χ0v) is 11.3. The Hall–Kier alpha value is -2.49. The highest BCUT2D eigenvalue weighted by atomic mass is 16.1. The number of aryl methyl sites for hydroxylation is 1. The van der Waals surface area contributed by atoms with E-state index in [0.717, 1.165) is 25.1 Å². The van der Waals surface area contributed by atoms with Crippen LogP contribution in [0.1, 0.15) is 22.3 Å². The van der Waals surface area contributed by atoms with Gasteiger partial charge in [0.1, 0.15) is 0 Å². The van der Waals surface area contributed by atoms with Gasteiger partial charge in [0.15, 0.2) is 0 Å². The molecular weight excluding hydrogens is 250 g/mol. The van der Waals surface area contributed by atoms with Crippen LogP contribution in [-0.4, -0.2) is 12.5 Å². The molecule has 0 fully saturated rings. The van der Waals surface area contributed by atoms with Crippen molar-refractivity contribution >= 4 is 17.3 Å². The van der Waals surface area contributed by atoms with E-state index in [1.54, 1.807) is 18.2 Å². The molecule has 0 heterocycles. The summed E-state index contributed by atoms with van der Waals surface area (Å²) in [5.41, 5.74) is 14.2. The van der Waals surface area contributed by atoms with Gasteiger partial charge in [-0.1, -0.05) is 30.3 Å². The maximum Gasteiger partial charge on any atom is 0.248 e. The second-order valence-electron chi connectivity index (χ2n) is 4.68. The topological polar surface area (TPSA) is 81.1 Å². The van der Waals surface area contributed by atoms with Gasteiger partial charge < -0.3 is 16.8 Å². The normalized spacial score (nSPS) is 10.2. The number of nitrogen functional groups attached to an aromatic ring is 1. The number of nitrogens with two attached hydrogens (primary N) is 2. The van der Waals surface area contributed by atoms with Gasteiger partial charge in [-0.3, -0.25) is 4.79 Å². The smallest absolute Gasteiger partial charge is 0.248 e. The fourth-order valence-corrected chi connectivity index (χ4v) is 2.04. The van der Waals surface area contributed by atoms with Gasteiger partial charge in [-0.25, -0.2) is 0 Å². The van der Waals surface area contributed by atoms with Crippen LogP contribution in [0.3, 0.4) is 0 Å². The minimum atomic E-state index is -0.465. The predicted octanol–water partition coefficient (Wildman–Crippen LogP) is 2.41. The summed E-state index contributed by atoms with van der Waals surface area (Å²) >= 11 is 0. The van der Waals surface area contributed by atoms with E-state index in [1.165, 1.54) is 5.56 Å². The van der Waals surface area contributed by atoms with Crippen molar-refractivity contribution in [2.75, 3.05) is 17.6 Å². The van der Waals surface area contributed by atoms with Crippen LogP contribution in [0, 0.1) is 0 Å². The Bertz CT molecular complexity index is 582. The lowest BCUT2D eigenvalue weighted by Gasteiger charge is -2.10. The van der Waals surface area contributed by atoms with Gasteiger partial charge in [0.2, 0.25) is 5.91 Å². The molecule has 104 valence electrons. The van der Waals surface area contributed by atoms with Crippen LogP contribution in [0.15, 0.2) is 48.5 Å². The molecule has 5 N–H and O–H groups in total. The number of anilines is 2. The third-order valence-corrected chi connectivity index (χ3v) is 3.14. The second-order valence-corrected chi connectivity index (χ2v) is 4.68. The molecule has 0 aromatic heterocycles. The Morgan fingerprint density at radius 1 is 1.10 bits per heavy atom. The average Bonchev–Trinajstić information content (AvgIpc) is 2.46. The van der Waals surface area contributed by atoms with Crippen molar-refractivity contribution in [1.82, 2.24) is 0 Å². The summed E-state index contributed by atoms with van der Waals surface area (Å²) in [7, 11) is 0. The quantitative estimate of drug-likeness (QED) is 0.556. The van der Waals surface area contributed by atoms with Gasteiger partial charge in [0, 0.05) is 12.1 Å². The van der Waals surface area contributed by atoms with E-state index in [0.29, 0.717) is 11.3 Å². The summed E-state index contributed by atoms with van der Waals surface area (Å²) in [4.78, 5) is 11.0. The maximum atomic E-state index is 11.0. The van der Waals surface area contributed by atoms with Crippen LogP contribution in [0.2, 0.25) is 0 Å². The molecule has 0 saturated heterocycles. The van der Waals surface area contributed by atoms with Crippen LogP contribution < -0.4 is 16.8 Å². The molecule has 0 spiro atoms. The summed E-state index contributed by atoms with van der Waals surface area (Å²) in [6.45, 7) is 0.828. The average molecular weight is 269 g/mol. The number of benzene rings is 2. The molecule has 0 aliphatic carbocycles. The molecule has 0 unspecified atom stereocenters. The monoisotopic (exact) mass is 269 g/mol. The Labute approximate surface area is 118 Å². The summed E-state index contributed by atoms with van der Waals surface area (Å²) in [6, 6.07) is 15.4. The molecular formula is C16H19N3O. The first-order valence-electron chi connectivity index (χ1n) is 6.64. The number of hydrogen-bond donors (Lipinski definition) is 3. The van der Waals surface area contributed by atoms with Gasteiger partial charge >= 0.3 is 0 Å². The van der Waals surface area contributed by atoms with E-state index in [2.05, 4.69) is 17.4 Å². The van der Waals surface area contributed by atoms with Gasteiger partial charge in [-0.2, -0.15) is 0 Å². The Morgan fingerprint density at radius 2 is 1.85 bits per heavy atom. The van der Waals surface area contributed by atoms with E-state index in [-0.39, 0.29) is 0 Å². The number of carbonyl (C=O) groups excluding carboxylic acids is 1. The van der Waals surface area contributed by atoms with Crippen LogP contribution >= 0.6 is 0 Å². The molecule has 0 aliphatic rings. The molecule has 0 bridgehead atoms. The number of primary amides is 1. The first kappa shape index (κ1) is 13.9. The van der Waals surface area contributed by atoms with E-state index in [9.17, 15) is 4.79 Å². The first-order chi connectivity index (χ1) is 9.66.